The van der Waals surface area contributed by atoms with E-state index in [4.69, 9.17) is 0 Å². The molecule has 6 rings (SSSR count). The highest BCUT2D eigenvalue weighted by molar-refractivity contribution is 5.82. The Morgan fingerprint density at radius 2 is 1.02 bits per heavy atom. The second-order valence-electron chi connectivity index (χ2n) is 9.99. The lowest BCUT2D eigenvalue weighted by molar-refractivity contribution is -0.144. The van der Waals surface area contributed by atoms with Gasteiger partial charge in [-0.15, -0.1) is 0 Å². The third-order valence-corrected chi connectivity index (χ3v) is 6.30. The zero-order chi connectivity index (χ0) is 34.6. The summed E-state index contributed by atoms with van der Waals surface area (Å²) in [4.78, 5) is 24.1. The first-order chi connectivity index (χ1) is 21.8. The smallest absolute Gasteiger partial charge is 0.238 e. The largest absolute Gasteiger partial charge is 0.451 e. The van der Waals surface area contributed by atoms with E-state index in [-0.39, 0.29) is 5.82 Å². The molecule has 0 atom stereocenters. The van der Waals surface area contributed by atoms with Crippen molar-refractivity contribution in [1.29, 1.82) is 0 Å². The number of aromatic nitrogens is 6. The quantitative estimate of drug-likeness (QED) is 0.168. The third kappa shape index (κ3) is 9.95. The van der Waals surface area contributed by atoms with Gasteiger partial charge in [0.05, 0.1) is 22.2 Å². The topological polar surface area (TPSA) is 77.3 Å². The van der Waals surface area contributed by atoms with Gasteiger partial charge in [-0.1, -0.05) is 77.9 Å². The molecule has 244 valence electrons. The van der Waals surface area contributed by atoms with E-state index in [1.54, 1.807) is 37.3 Å². The first-order valence-corrected chi connectivity index (χ1v) is 15.3. The molecule has 0 radical (unpaired) electrons. The van der Waals surface area contributed by atoms with Crippen molar-refractivity contribution in [2.75, 3.05) is 0 Å². The van der Waals surface area contributed by atoms with Gasteiger partial charge in [-0.3, -0.25) is 0 Å². The Balaban J connectivity index is 0.000000229. The Bertz CT molecular complexity index is 1870. The number of para-hydroxylation sites is 2. The fourth-order valence-corrected chi connectivity index (χ4v) is 4.43. The molecule has 0 saturated heterocycles. The summed E-state index contributed by atoms with van der Waals surface area (Å²) >= 11 is 0. The number of alkyl halides is 3. The molecule has 46 heavy (non-hydrogen) atoms. The highest BCUT2D eigenvalue weighted by Crippen LogP contribution is 2.28. The highest BCUT2D eigenvalue weighted by Gasteiger charge is 2.35. The number of rotatable bonds is 1. The lowest BCUT2D eigenvalue weighted by atomic mass is 10.0. The van der Waals surface area contributed by atoms with Crippen molar-refractivity contribution >= 4 is 32.7 Å². The molecule has 3 aromatic carbocycles. The van der Waals surface area contributed by atoms with Crippen LogP contribution >= 0.6 is 0 Å². The van der Waals surface area contributed by atoms with Crippen LogP contribution < -0.4 is 0 Å². The van der Waals surface area contributed by atoms with Gasteiger partial charge in [-0.05, 0) is 57.9 Å². The van der Waals surface area contributed by atoms with Crippen LogP contribution in [0.5, 0.6) is 0 Å². The lowest BCUT2D eigenvalue weighted by Crippen LogP contribution is -2.11. The molecular weight excluding hydrogens is 592 g/mol. The molecule has 0 saturated carbocycles. The van der Waals surface area contributed by atoms with Gasteiger partial charge < -0.3 is 0 Å². The Morgan fingerprint density at radius 3 is 1.57 bits per heavy atom. The molecule has 3 heterocycles. The summed E-state index contributed by atoms with van der Waals surface area (Å²) < 4.78 is 50.2. The molecule has 6 nitrogen and oxygen atoms in total. The summed E-state index contributed by atoms with van der Waals surface area (Å²) in [5.74, 6) is 0.511. The van der Waals surface area contributed by atoms with E-state index in [0.29, 0.717) is 33.9 Å². The minimum atomic E-state index is -4.49. The molecule has 3 aromatic heterocycles. The van der Waals surface area contributed by atoms with Crippen molar-refractivity contribution in [3.63, 3.8) is 0 Å². The van der Waals surface area contributed by atoms with Crippen LogP contribution in [-0.2, 0) is 6.18 Å². The van der Waals surface area contributed by atoms with Crippen LogP contribution in [0.4, 0.5) is 17.6 Å². The first kappa shape index (κ1) is 37.6. The maximum absolute atomic E-state index is 13.0. The van der Waals surface area contributed by atoms with Crippen molar-refractivity contribution in [2.24, 2.45) is 0 Å². The van der Waals surface area contributed by atoms with E-state index in [1.807, 2.05) is 72.7 Å². The van der Waals surface area contributed by atoms with Gasteiger partial charge in [0.2, 0.25) is 5.82 Å². The van der Waals surface area contributed by atoms with E-state index in [0.717, 1.165) is 33.5 Å². The van der Waals surface area contributed by atoms with Crippen LogP contribution in [0.3, 0.4) is 0 Å². The maximum Gasteiger partial charge on any atom is 0.451 e. The summed E-state index contributed by atoms with van der Waals surface area (Å²) in [6, 6.07) is 19.3. The molecule has 0 amide bonds. The molecule has 0 N–H and O–H groups in total. The predicted octanol–water partition coefficient (Wildman–Crippen LogP) is 10.5. The predicted molar refractivity (Wildman–Crippen MR) is 179 cm³/mol. The molecule has 10 heteroatoms. The van der Waals surface area contributed by atoms with Crippen LogP contribution in [0.15, 0.2) is 66.7 Å². The molecule has 0 aliphatic heterocycles. The standard InChI is InChI=1S/C12H13FN2.C10H7F3N2.C10H10N2.2C2H6/c1-7(2)12-10-5-4-9(13)6-11(10)14-8(3)15-12;1-6-7-4-2-3-5-8(7)15-9(14-6)10(11,12)13;1-7-9-5-3-4-6-10(9)12-8(2)11-7;2*1-2/h4-7H,1-3H3;2-5H,1H3;3-6H,1-2H3;2*1-2H3. The summed E-state index contributed by atoms with van der Waals surface area (Å²) in [7, 11) is 0. The van der Waals surface area contributed by atoms with Crippen LogP contribution in [0, 0.1) is 33.5 Å². The van der Waals surface area contributed by atoms with Crippen molar-refractivity contribution in [2.45, 2.75) is 81.3 Å². The number of hydrogen-bond acceptors (Lipinski definition) is 6. The minimum absolute atomic E-state index is 0.254. The molecule has 0 unspecified atom stereocenters. The SMILES string of the molecule is CC.CC.Cc1nc(C(C)C)c2ccc(F)cc2n1.Cc1nc(C(F)(F)F)nc2ccccc12.Cc1nc(C)c2ccccc2n1. The summed E-state index contributed by atoms with van der Waals surface area (Å²) in [5, 5.41) is 2.73. The number of benzene rings is 3. The molecular formula is C36H42F4N6. The summed E-state index contributed by atoms with van der Waals surface area (Å²) in [6.07, 6.45) is -4.49. The Labute approximate surface area is 268 Å². The van der Waals surface area contributed by atoms with Crippen molar-refractivity contribution < 1.29 is 17.6 Å². The van der Waals surface area contributed by atoms with Crippen molar-refractivity contribution in [3.05, 3.63) is 107 Å². The number of aryl methyl sites for hydroxylation is 4. The highest BCUT2D eigenvalue weighted by atomic mass is 19.4. The monoisotopic (exact) mass is 634 g/mol. The normalized spacial score (nSPS) is 10.6. The first-order valence-electron chi connectivity index (χ1n) is 15.3. The van der Waals surface area contributed by atoms with E-state index in [1.165, 1.54) is 12.1 Å². The number of halogens is 4. The average Bonchev–Trinajstić information content (AvgIpc) is 3.02. The Morgan fingerprint density at radius 1 is 0.543 bits per heavy atom. The maximum atomic E-state index is 13.0. The average molecular weight is 635 g/mol. The zero-order valence-corrected chi connectivity index (χ0v) is 28.1. The molecule has 0 aliphatic rings. The molecule has 6 aromatic rings. The summed E-state index contributed by atoms with van der Waals surface area (Å²) in [5.41, 5.74) is 4.41. The number of hydrogen-bond donors (Lipinski definition) is 0. The number of nitrogens with zero attached hydrogens (tertiary/aromatic N) is 6. The van der Waals surface area contributed by atoms with E-state index < -0.39 is 12.0 Å². The van der Waals surface area contributed by atoms with Crippen molar-refractivity contribution in [1.82, 2.24) is 29.9 Å². The van der Waals surface area contributed by atoms with Gasteiger partial charge in [0, 0.05) is 33.6 Å². The van der Waals surface area contributed by atoms with Gasteiger partial charge >= 0.3 is 6.18 Å². The Hall–Kier alpha value is -4.60. The second-order valence-corrected chi connectivity index (χ2v) is 9.99. The van der Waals surface area contributed by atoms with Crippen LogP contribution in [-0.4, -0.2) is 29.9 Å². The van der Waals surface area contributed by atoms with Gasteiger partial charge in [-0.2, -0.15) is 13.2 Å². The van der Waals surface area contributed by atoms with Gasteiger partial charge in [0.1, 0.15) is 17.5 Å². The fourth-order valence-electron chi connectivity index (χ4n) is 4.43. The fraction of sp³-hybridized carbons (Fsp3) is 0.333. The van der Waals surface area contributed by atoms with Gasteiger partial charge in [0.25, 0.3) is 0 Å². The Kier molecular flexibility index (Phi) is 14.0. The molecule has 0 bridgehead atoms. The zero-order valence-electron chi connectivity index (χ0n) is 28.1. The molecule has 0 spiro atoms. The van der Waals surface area contributed by atoms with Gasteiger partial charge in [-0.25, -0.2) is 34.3 Å². The number of fused-ring (bicyclic) bond motifs is 3. The summed E-state index contributed by atoms with van der Waals surface area (Å²) in [6.45, 7) is 19.4. The van der Waals surface area contributed by atoms with Gasteiger partial charge in [0.15, 0.2) is 0 Å². The van der Waals surface area contributed by atoms with Crippen LogP contribution in [0.25, 0.3) is 32.7 Å². The van der Waals surface area contributed by atoms with Crippen LogP contribution in [0.1, 0.15) is 82.0 Å². The third-order valence-electron chi connectivity index (χ3n) is 6.30. The minimum Gasteiger partial charge on any atom is -0.238 e. The van der Waals surface area contributed by atoms with Crippen molar-refractivity contribution in [3.8, 4) is 0 Å². The van der Waals surface area contributed by atoms with E-state index in [2.05, 4.69) is 43.8 Å². The van der Waals surface area contributed by atoms with E-state index >= 15 is 0 Å². The lowest BCUT2D eigenvalue weighted by Gasteiger charge is -2.09. The van der Waals surface area contributed by atoms with Crippen LogP contribution in [0.2, 0.25) is 0 Å². The van der Waals surface area contributed by atoms with E-state index in [9.17, 15) is 17.6 Å². The second kappa shape index (κ2) is 17.2. The molecule has 0 aliphatic carbocycles. The molecule has 0 fully saturated rings.